The number of aromatic nitrogens is 2. The molecule has 2 atom stereocenters. The second-order valence-corrected chi connectivity index (χ2v) is 11.9. The van der Waals surface area contributed by atoms with Crippen molar-refractivity contribution < 1.29 is 13.9 Å². The van der Waals surface area contributed by atoms with E-state index in [4.69, 9.17) is 14.7 Å². The highest BCUT2D eigenvalue weighted by atomic mass is 19.1. The van der Waals surface area contributed by atoms with Gasteiger partial charge in [-0.1, -0.05) is 43.0 Å². The number of carbonyl (C=O) groups is 1. The molecule has 228 valence electrons. The van der Waals surface area contributed by atoms with Crippen LogP contribution in [0, 0.1) is 0 Å². The van der Waals surface area contributed by atoms with Crippen LogP contribution < -0.4 is 19.9 Å². The fraction of sp³-hybridized carbons (Fsp3) is 0.485. The number of hydrogen-bond donors (Lipinski definition) is 1. The standard InChI is InChI=1S/C33H42FN7O2/c1-23(34)32(42)41-18-17-40(20-26(41)19-35-2)31-28-13-8-16-39(30-14-6-10-24-9-4-5-12-27(24)30)21-29(28)36-33(37-31)43-22-25-11-7-15-38(25)3/h4-6,9-10,12,14,25-26,35H,1,7-8,11,13,15-22H2,2-3H3/t25-,26-/m0/s1. The van der Waals surface area contributed by atoms with Crippen LogP contribution in [0.25, 0.3) is 10.8 Å². The van der Waals surface area contributed by atoms with Crippen molar-refractivity contribution in [2.45, 2.75) is 44.3 Å². The summed E-state index contributed by atoms with van der Waals surface area (Å²) in [5, 5.41) is 5.62. The minimum absolute atomic E-state index is 0.223. The molecule has 0 radical (unpaired) electrons. The molecule has 43 heavy (non-hydrogen) atoms. The number of hydrogen-bond acceptors (Lipinski definition) is 8. The molecule has 0 bridgehead atoms. The highest BCUT2D eigenvalue weighted by Crippen LogP contribution is 2.34. The van der Waals surface area contributed by atoms with Gasteiger partial charge in [0.1, 0.15) is 12.4 Å². The number of fused-ring (bicyclic) bond motifs is 2. The molecule has 10 heteroatoms. The number of likely N-dealkylation sites (N-methyl/N-ethyl adjacent to an activating group) is 2. The first-order valence-electron chi connectivity index (χ1n) is 15.4. The van der Waals surface area contributed by atoms with Crippen molar-refractivity contribution in [3.8, 4) is 6.01 Å². The maximum atomic E-state index is 13.9. The lowest BCUT2D eigenvalue weighted by molar-refractivity contribution is -0.131. The largest absolute Gasteiger partial charge is 0.462 e. The lowest BCUT2D eigenvalue weighted by Crippen LogP contribution is -2.58. The molecule has 2 aromatic carbocycles. The van der Waals surface area contributed by atoms with Gasteiger partial charge in [0.2, 0.25) is 0 Å². The maximum Gasteiger partial charge on any atom is 0.318 e. The summed E-state index contributed by atoms with van der Waals surface area (Å²) in [5.74, 6) is -0.699. The molecule has 3 aromatic rings. The Kier molecular flexibility index (Phi) is 8.76. The zero-order chi connectivity index (χ0) is 29.9. The molecule has 2 saturated heterocycles. The molecular weight excluding hydrogens is 545 g/mol. The second kappa shape index (κ2) is 12.9. The van der Waals surface area contributed by atoms with Crippen LogP contribution in [0.15, 0.2) is 54.9 Å². The van der Waals surface area contributed by atoms with E-state index >= 15 is 0 Å². The summed E-state index contributed by atoms with van der Waals surface area (Å²) in [5.41, 5.74) is 3.31. The minimum atomic E-state index is -0.924. The summed E-state index contributed by atoms with van der Waals surface area (Å²) < 4.78 is 20.2. The molecule has 2 fully saturated rings. The number of piperazine rings is 1. The van der Waals surface area contributed by atoms with Gasteiger partial charge in [-0.2, -0.15) is 9.97 Å². The fourth-order valence-electron chi connectivity index (χ4n) is 6.85. The number of amides is 1. The Morgan fingerprint density at radius 3 is 2.67 bits per heavy atom. The van der Waals surface area contributed by atoms with Crippen molar-refractivity contribution in [1.29, 1.82) is 0 Å². The summed E-state index contributed by atoms with van der Waals surface area (Å²) >= 11 is 0. The number of benzene rings is 2. The van der Waals surface area contributed by atoms with E-state index in [2.05, 4.69) is 76.1 Å². The summed E-state index contributed by atoms with van der Waals surface area (Å²) in [6.45, 7) is 8.42. The Balaban J connectivity index is 1.34. The van der Waals surface area contributed by atoms with Crippen LogP contribution in [0.3, 0.4) is 0 Å². The van der Waals surface area contributed by atoms with E-state index in [-0.39, 0.29) is 6.04 Å². The average molecular weight is 588 g/mol. The van der Waals surface area contributed by atoms with Crippen molar-refractivity contribution >= 4 is 28.2 Å². The SMILES string of the molecule is C=C(F)C(=O)N1CCN(c2nc(OC[C@@H]3CCCN3C)nc3c2CCCN(c2cccc4ccccc24)C3)C[C@@H]1CNC. The fourth-order valence-corrected chi connectivity index (χ4v) is 6.85. The first kappa shape index (κ1) is 29.3. The van der Waals surface area contributed by atoms with Crippen molar-refractivity contribution in [1.82, 2.24) is 25.1 Å². The lowest BCUT2D eigenvalue weighted by atomic mass is 10.1. The molecule has 0 aliphatic carbocycles. The van der Waals surface area contributed by atoms with Gasteiger partial charge in [-0.05, 0) is 57.8 Å². The highest BCUT2D eigenvalue weighted by molar-refractivity contribution is 5.94. The average Bonchev–Trinajstić information content (AvgIpc) is 3.31. The second-order valence-electron chi connectivity index (χ2n) is 11.9. The van der Waals surface area contributed by atoms with Crippen molar-refractivity contribution in [2.75, 3.05) is 69.8 Å². The molecule has 1 aromatic heterocycles. The van der Waals surface area contributed by atoms with Gasteiger partial charge in [0.25, 0.3) is 5.91 Å². The van der Waals surface area contributed by atoms with E-state index in [1.807, 2.05) is 7.05 Å². The normalized spacial score (nSPS) is 21.1. The van der Waals surface area contributed by atoms with Gasteiger partial charge in [-0.3, -0.25) is 4.79 Å². The van der Waals surface area contributed by atoms with E-state index in [1.54, 1.807) is 4.90 Å². The van der Waals surface area contributed by atoms with E-state index in [0.717, 1.165) is 49.4 Å². The summed E-state index contributed by atoms with van der Waals surface area (Å²) in [4.78, 5) is 31.2. The molecule has 0 saturated carbocycles. The molecule has 6 rings (SSSR count). The Hall–Kier alpha value is -3.76. The summed E-state index contributed by atoms with van der Waals surface area (Å²) in [6, 6.07) is 15.5. The zero-order valence-electron chi connectivity index (χ0n) is 25.3. The first-order valence-corrected chi connectivity index (χ1v) is 15.4. The number of nitrogens with zero attached hydrogens (tertiary/aromatic N) is 6. The Labute approximate surface area is 253 Å². The molecule has 4 heterocycles. The van der Waals surface area contributed by atoms with Gasteiger partial charge in [0.05, 0.1) is 18.3 Å². The number of anilines is 2. The lowest BCUT2D eigenvalue weighted by Gasteiger charge is -2.42. The minimum Gasteiger partial charge on any atom is -0.462 e. The molecule has 9 nitrogen and oxygen atoms in total. The number of carbonyl (C=O) groups excluding carboxylic acids is 1. The number of ether oxygens (including phenoxy) is 1. The molecule has 0 unspecified atom stereocenters. The monoisotopic (exact) mass is 587 g/mol. The third kappa shape index (κ3) is 6.17. The molecule has 3 aliphatic rings. The van der Waals surface area contributed by atoms with Crippen LogP contribution in [-0.2, 0) is 17.8 Å². The molecular formula is C33H42FN7O2. The van der Waals surface area contributed by atoms with Crippen LogP contribution in [0.1, 0.15) is 30.5 Å². The predicted molar refractivity (Wildman–Crippen MR) is 168 cm³/mol. The van der Waals surface area contributed by atoms with E-state index in [1.165, 1.54) is 22.9 Å². The third-order valence-electron chi connectivity index (χ3n) is 9.14. The van der Waals surface area contributed by atoms with Crippen LogP contribution in [0.5, 0.6) is 6.01 Å². The smallest absolute Gasteiger partial charge is 0.318 e. The van der Waals surface area contributed by atoms with E-state index in [9.17, 15) is 9.18 Å². The van der Waals surface area contributed by atoms with Gasteiger partial charge >= 0.3 is 6.01 Å². The van der Waals surface area contributed by atoms with Crippen LogP contribution in [-0.4, -0.2) is 97.7 Å². The highest BCUT2D eigenvalue weighted by Gasteiger charge is 2.34. The molecule has 0 spiro atoms. The number of rotatable bonds is 8. The third-order valence-corrected chi connectivity index (χ3v) is 9.14. The van der Waals surface area contributed by atoms with Gasteiger partial charge in [0.15, 0.2) is 5.83 Å². The zero-order valence-corrected chi connectivity index (χ0v) is 25.3. The molecule has 3 aliphatic heterocycles. The van der Waals surface area contributed by atoms with Gasteiger partial charge in [0, 0.05) is 55.4 Å². The topological polar surface area (TPSA) is 77.1 Å². The number of nitrogens with one attached hydrogen (secondary N) is 1. The van der Waals surface area contributed by atoms with Crippen LogP contribution in [0.4, 0.5) is 15.9 Å². The quantitative estimate of drug-likeness (QED) is 0.400. The summed E-state index contributed by atoms with van der Waals surface area (Å²) in [6.07, 6.45) is 4.07. The predicted octanol–water partition coefficient (Wildman–Crippen LogP) is 3.78. The van der Waals surface area contributed by atoms with Gasteiger partial charge in [-0.15, -0.1) is 0 Å². The molecule has 1 N–H and O–H groups in total. The maximum absolute atomic E-state index is 13.9. The number of halogens is 1. The van der Waals surface area contributed by atoms with Gasteiger partial charge in [-0.25, -0.2) is 4.39 Å². The van der Waals surface area contributed by atoms with Gasteiger partial charge < -0.3 is 29.7 Å². The Morgan fingerprint density at radius 2 is 1.88 bits per heavy atom. The van der Waals surface area contributed by atoms with E-state index in [0.29, 0.717) is 51.4 Å². The van der Waals surface area contributed by atoms with Crippen molar-refractivity contribution in [3.05, 3.63) is 66.1 Å². The Bertz CT molecular complexity index is 1480. The van der Waals surface area contributed by atoms with Crippen LogP contribution >= 0.6 is 0 Å². The van der Waals surface area contributed by atoms with Crippen molar-refractivity contribution in [2.24, 2.45) is 0 Å². The molecule has 1 amide bonds. The van der Waals surface area contributed by atoms with Crippen LogP contribution in [0.2, 0.25) is 0 Å². The first-order chi connectivity index (χ1) is 20.9. The number of likely N-dealkylation sites (tertiary alicyclic amines) is 1. The van der Waals surface area contributed by atoms with Crippen molar-refractivity contribution in [3.63, 3.8) is 0 Å². The van der Waals surface area contributed by atoms with E-state index < -0.39 is 11.7 Å². The Morgan fingerprint density at radius 1 is 1.05 bits per heavy atom. The summed E-state index contributed by atoms with van der Waals surface area (Å²) in [7, 11) is 3.98.